The molecule has 2 rings (SSSR count). The predicted octanol–water partition coefficient (Wildman–Crippen LogP) is 1.57. The van der Waals surface area contributed by atoms with Crippen LogP contribution in [0.2, 0.25) is 0 Å². The number of hydrogen-bond donors (Lipinski definition) is 1. The topological polar surface area (TPSA) is 64.9 Å². The summed E-state index contributed by atoms with van der Waals surface area (Å²) in [5.41, 5.74) is 5.44. The zero-order valence-electron chi connectivity index (χ0n) is 8.79. The molecule has 1 aromatic heterocycles. The first-order valence-electron chi connectivity index (χ1n) is 5.17. The molecule has 0 saturated heterocycles. The second-order valence-electron chi connectivity index (χ2n) is 4.67. The largest absolute Gasteiger partial charge is 0.339 e. The van der Waals surface area contributed by atoms with Crippen molar-refractivity contribution in [2.24, 2.45) is 5.73 Å². The molecule has 0 aromatic carbocycles. The van der Waals surface area contributed by atoms with E-state index in [1.165, 1.54) is 19.3 Å². The van der Waals surface area contributed by atoms with Crippen LogP contribution < -0.4 is 5.73 Å². The second-order valence-corrected chi connectivity index (χ2v) is 4.67. The van der Waals surface area contributed by atoms with E-state index in [1.54, 1.807) is 0 Å². The molecule has 2 N–H and O–H groups in total. The highest BCUT2D eigenvalue weighted by atomic mass is 16.5. The lowest BCUT2D eigenvalue weighted by atomic mass is 9.85. The van der Waals surface area contributed by atoms with Gasteiger partial charge < -0.3 is 10.3 Å². The van der Waals surface area contributed by atoms with Crippen LogP contribution in [0.3, 0.4) is 0 Å². The number of nitrogens with zero attached hydrogens (tertiary/aromatic N) is 2. The van der Waals surface area contributed by atoms with E-state index >= 15 is 0 Å². The Balaban J connectivity index is 2.16. The third-order valence-electron chi connectivity index (χ3n) is 3.00. The van der Waals surface area contributed by atoms with Crippen LogP contribution in [0.4, 0.5) is 0 Å². The van der Waals surface area contributed by atoms with Crippen LogP contribution in [0.1, 0.15) is 50.7 Å². The van der Waals surface area contributed by atoms with Crippen molar-refractivity contribution in [2.45, 2.75) is 44.4 Å². The van der Waals surface area contributed by atoms with E-state index in [1.807, 2.05) is 13.8 Å². The van der Waals surface area contributed by atoms with Gasteiger partial charge in [0, 0.05) is 12.5 Å². The normalized spacial score (nSPS) is 18.2. The fraction of sp³-hybridized carbons (Fsp3) is 0.800. The molecule has 1 heterocycles. The van der Waals surface area contributed by atoms with Gasteiger partial charge in [0.15, 0.2) is 5.82 Å². The molecule has 0 unspecified atom stereocenters. The molecule has 0 amide bonds. The number of hydrogen-bond acceptors (Lipinski definition) is 4. The minimum atomic E-state index is -0.199. The summed E-state index contributed by atoms with van der Waals surface area (Å²) in [6.07, 6.45) is 3.68. The summed E-state index contributed by atoms with van der Waals surface area (Å²) in [5.74, 6) is 2.07. The molecule has 14 heavy (non-hydrogen) atoms. The number of aromatic nitrogens is 2. The lowest BCUT2D eigenvalue weighted by molar-refractivity contribution is 0.303. The fourth-order valence-corrected chi connectivity index (χ4v) is 1.43. The van der Waals surface area contributed by atoms with Crippen molar-refractivity contribution in [2.75, 3.05) is 6.54 Å². The van der Waals surface area contributed by atoms with Gasteiger partial charge in [0.05, 0.1) is 5.41 Å². The fourth-order valence-electron chi connectivity index (χ4n) is 1.43. The van der Waals surface area contributed by atoms with Gasteiger partial charge in [0.25, 0.3) is 0 Å². The molecule has 0 bridgehead atoms. The Hall–Kier alpha value is -0.900. The summed E-state index contributed by atoms with van der Waals surface area (Å²) in [5, 5.41) is 4.01. The van der Waals surface area contributed by atoms with E-state index in [4.69, 9.17) is 10.3 Å². The van der Waals surface area contributed by atoms with E-state index in [0.717, 1.165) is 5.82 Å². The van der Waals surface area contributed by atoms with Gasteiger partial charge in [-0.3, -0.25) is 0 Å². The zero-order valence-corrected chi connectivity index (χ0v) is 8.79. The van der Waals surface area contributed by atoms with E-state index < -0.39 is 0 Å². The molecule has 1 fully saturated rings. The van der Waals surface area contributed by atoms with Gasteiger partial charge in [-0.05, 0) is 26.7 Å². The monoisotopic (exact) mass is 195 g/mol. The number of nitrogens with two attached hydrogens (primary N) is 1. The first-order valence-corrected chi connectivity index (χ1v) is 5.17. The SMILES string of the molecule is CC(C)(CN)c1nc(C2CCC2)no1. The Morgan fingerprint density at radius 1 is 1.50 bits per heavy atom. The van der Waals surface area contributed by atoms with Crippen molar-refractivity contribution >= 4 is 0 Å². The highest BCUT2D eigenvalue weighted by molar-refractivity contribution is 5.06. The average Bonchev–Trinajstić information content (AvgIpc) is 2.51. The molecular formula is C10H17N3O. The Morgan fingerprint density at radius 2 is 2.21 bits per heavy atom. The summed E-state index contributed by atoms with van der Waals surface area (Å²) in [7, 11) is 0. The van der Waals surface area contributed by atoms with Crippen LogP contribution in [-0.4, -0.2) is 16.7 Å². The molecule has 0 aliphatic heterocycles. The van der Waals surface area contributed by atoms with Crippen LogP contribution in [0.5, 0.6) is 0 Å². The number of rotatable bonds is 3. The molecule has 0 atom stereocenters. The summed E-state index contributed by atoms with van der Waals surface area (Å²) in [4.78, 5) is 4.42. The summed E-state index contributed by atoms with van der Waals surface area (Å²) < 4.78 is 5.24. The van der Waals surface area contributed by atoms with Crippen molar-refractivity contribution in [1.82, 2.24) is 10.1 Å². The molecule has 0 spiro atoms. The third-order valence-corrected chi connectivity index (χ3v) is 3.00. The van der Waals surface area contributed by atoms with Crippen LogP contribution >= 0.6 is 0 Å². The van der Waals surface area contributed by atoms with Gasteiger partial charge in [-0.25, -0.2) is 0 Å². The van der Waals surface area contributed by atoms with Gasteiger partial charge in [-0.2, -0.15) is 4.98 Å². The molecule has 1 aliphatic carbocycles. The van der Waals surface area contributed by atoms with E-state index in [2.05, 4.69) is 10.1 Å². The van der Waals surface area contributed by atoms with Crippen molar-refractivity contribution < 1.29 is 4.52 Å². The maximum atomic E-state index is 5.64. The molecule has 4 nitrogen and oxygen atoms in total. The first-order chi connectivity index (χ1) is 6.63. The van der Waals surface area contributed by atoms with E-state index in [0.29, 0.717) is 18.4 Å². The van der Waals surface area contributed by atoms with Gasteiger partial charge in [0.1, 0.15) is 0 Å². The molecule has 4 heteroatoms. The molecular weight excluding hydrogens is 178 g/mol. The zero-order chi connectivity index (χ0) is 10.2. The third kappa shape index (κ3) is 1.54. The van der Waals surface area contributed by atoms with Gasteiger partial charge >= 0.3 is 0 Å². The quantitative estimate of drug-likeness (QED) is 0.795. The van der Waals surface area contributed by atoms with Gasteiger partial charge in [-0.15, -0.1) is 0 Å². The Bertz CT molecular complexity index is 315. The Labute approximate surface area is 83.9 Å². The van der Waals surface area contributed by atoms with E-state index in [9.17, 15) is 0 Å². The van der Waals surface area contributed by atoms with Gasteiger partial charge in [-0.1, -0.05) is 11.6 Å². The molecule has 1 saturated carbocycles. The summed E-state index contributed by atoms with van der Waals surface area (Å²) in [6.45, 7) is 4.56. The minimum absolute atomic E-state index is 0.199. The lowest BCUT2D eigenvalue weighted by Gasteiger charge is -2.21. The lowest BCUT2D eigenvalue weighted by Crippen LogP contribution is -2.28. The Morgan fingerprint density at radius 3 is 2.71 bits per heavy atom. The molecule has 1 aromatic rings. The first kappa shape index (κ1) is 9.65. The maximum absolute atomic E-state index is 5.64. The van der Waals surface area contributed by atoms with Crippen LogP contribution in [0.15, 0.2) is 4.52 Å². The second kappa shape index (κ2) is 3.35. The van der Waals surface area contributed by atoms with Crippen molar-refractivity contribution in [3.8, 4) is 0 Å². The minimum Gasteiger partial charge on any atom is -0.339 e. The van der Waals surface area contributed by atoms with E-state index in [-0.39, 0.29) is 5.41 Å². The average molecular weight is 195 g/mol. The van der Waals surface area contributed by atoms with Crippen LogP contribution in [0, 0.1) is 0 Å². The molecule has 78 valence electrons. The van der Waals surface area contributed by atoms with Crippen molar-refractivity contribution in [3.05, 3.63) is 11.7 Å². The summed E-state index contributed by atoms with van der Waals surface area (Å²) in [6, 6.07) is 0. The standard InChI is InChI=1S/C10H17N3O/c1-10(2,6-11)9-12-8(13-14-9)7-4-3-5-7/h7H,3-6,11H2,1-2H3. The highest BCUT2D eigenvalue weighted by Crippen LogP contribution is 2.35. The summed E-state index contributed by atoms with van der Waals surface area (Å²) >= 11 is 0. The van der Waals surface area contributed by atoms with Crippen LogP contribution in [-0.2, 0) is 5.41 Å². The smallest absolute Gasteiger partial charge is 0.233 e. The maximum Gasteiger partial charge on any atom is 0.233 e. The molecule has 0 radical (unpaired) electrons. The van der Waals surface area contributed by atoms with Crippen LogP contribution in [0.25, 0.3) is 0 Å². The van der Waals surface area contributed by atoms with Crippen molar-refractivity contribution in [3.63, 3.8) is 0 Å². The van der Waals surface area contributed by atoms with Crippen molar-refractivity contribution in [1.29, 1.82) is 0 Å². The van der Waals surface area contributed by atoms with Gasteiger partial charge in [0.2, 0.25) is 5.89 Å². The Kier molecular flexibility index (Phi) is 2.31. The molecule has 1 aliphatic rings. The highest BCUT2D eigenvalue weighted by Gasteiger charge is 2.30. The predicted molar refractivity (Wildman–Crippen MR) is 53.0 cm³/mol.